The fourth-order valence-electron chi connectivity index (χ4n) is 2.11. The zero-order valence-electron chi connectivity index (χ0n) is 10.8. The lowest BCUT2D eigenvalue weighted by Gasteiger charge is -2.19. The Kier molecular flexibility index (Phi) is 2.55. The first kappa shape index (κ1) is 12.1. The van der Waals surface area contributed by atoms with E-state index < -0.39 is 0 Å². The smallest absolute Gasteiger partial charge is 0.179 e. The summed E-state index contributed by atoms with van der Waals surface area (Å²) < 4.78 is 11.6. The highest BCUT2D eigenvalue weighted by atomic mass is 35.5. The van der Waals surface area contributed by atoms with E-state index in [1.165, 1.54) is 0 Å². The van der Waals surface area contributed by atoms with Crippen molar-refractivity contribution in [1.29, 1.82) is 0 Å². The summed E-state index contributed by atoms with van der Waals surface area (Å²) in [6.45, 7) is 5.45. The largest absolute Gasteiger partial charge is 0.489 e. The van der Waals surface area contributed by atoms with Crippen LogP contribution in [0.25, 0.3) is 0 Å². The van der Waals surface area contributed by atoms with Crippen LogP contribution in [-0.2, 0) is 5.54 Å². The number of ether oxygens (including phenoxy) is 2. The van der Waals surface area contributed by atoms with Crippen LogP contribution < -0.4 is 15.2 Å². The molecule has 1 aliphatic carbocycles. The van der Waals surface area contributed by atoms with Crippen molar-refractivity contribution >= 4 is 11.6 Å². The van der Waals surface area contributed by atoms with Crippen LogP contribution in [0.2, 0.25) is 5.02 Å². The molecule has 0 aromatic heterocycles. The van der Waals surface area contributed by atoms with Gasteiger partial charge in [0.05, 0.1) is 18.2 Å². The average molecular weight is 268 g/mol. The molecule has 0 saturated heterocycles. The predicted octanol–water partition coefficient (Wildman–Crippen LogP) is 3.09. The first-order valence-electron chi connectivity index (χ1n) is 6.28. The maximum Gasteiger partial charge on any atom is 0.179 e. The first-order valence-corrected chi connectivity index (χ1v) is 6.66. The molecule has 18 heavy (non-hydrogen) atoms. The Morgan fingerprint density at radius 3 is 2.50 bits per heavy atom. The van der Waals surface area contributed by atoms with E-state index in [1.54, 1.807) is 0 Å². The second-order valence-electron chi connectivity index (χ2n) is 6.18. The van der Waals surface area contributed by atoms with Gasteiger partial charge in [-0.15, -0.1) is 0 Å². The Labute approximate surface area is 112 Å². The van der Waals surface area contributed by atoms with E-state index in [1.807, 2.05) is 12.1 Å². The van der Waals surface area contributed by atoms with E-state index in [-0.39, 0.29) is 11.0 Å². The summed E-state index contributed by atoms with van der Waals surface area (Å²) in [7, 11) is 0. The number of fused-ring (bicyclic) bond motifs is 1. The molecule has 0 spiro atoms. The predicted molar refractivity (Wildman–Crippen MR) is 71.3 cm³/mol. The van der Waals surface area contributed by atoms with Crippen molar-refractivity contribution in [3.05, 3.63) is 22.7 Å². The summed E-state index contributed by atoms with van der Waals surface area (Å²) in [6, 6.07) is 3.89. The molecule has 4 heteroatoms. The summed E-state index contributed by atoms with van der Waals surface area (Å²) in [5.74, 6) is 1.37. The summed E-state index contributed by atoms with van der Waals surface area (Å²) in [5.41, 5.74) is 7.04. The van der Waals surface area contributed by atoms with Crippen molar-refractivity contribution in [3.8, 4) is 11.5 Å². The van der Waals surface area contributed by atoms with Crippen LogP contribution in [0.5, 0.6) is 11.5 Å². The van der Waals surface area contributed by atoms with Crippen molar-refractivity contribution in [3.63, 3.8) is 0 Å². The number of hydrogen-bond acceptors (Lipinski definition) is 3. The Balaban J connectivity index is 2.00. The normalized spacial score (nSPS) is 23.3. The summed E-state index contributed by atoms with van der Waals surface area (Å²) >= 11 is 6.29. The van der Waals surface area contributed by atoms with E-state index in [9.17, 15) is 0 Å². The maximum atomic E-state index is 6.29. The molecule has 1 fully saturated rings. The van der Waals surface area contributed by atoms with Gasteiger partial charge in [-0.1, -0.05) is 25.4 Å². The lowest BCUT2D eigenvalue weighted by atomic mass is 9.97. The first-order chi connectivity index (χ1) is 8.40. The molecule has 2 N–H and O–H groups in total. The van der Waals surface area contributed by atoms with Crippen LogP contribution >= 0.6 is 11.6 Å². The molecule has 1 aromatic rings. The van der Waals surface area contributed by atoms with Crippen molar-refractivity contribution in [2.45, 2.75) is 32.2 Å². The highest BCUT2D eigenvalue weighted by Gasteiger charge is 2.41. The molecule has 0 unspecified atom stereocenters. The third-order valence-electron chi connectivity index (χ3n) is 3.60. The van der Waals surface area contributed by atoms with E-state index in [0.717, 1.165) is 24.2 Å². The SMILES string of the molecule is CC1(C)COc2cc(C3(N)CC3)cc(Cl)c2OC1. The second kappa shape index (κ2) is 3.78. The Hall–Kier alpha value is -0.930. The van der Waals surface area contributed by atoms with E-state index in [0.29, 0.717) is 24.0 Å². The molecule has 3 nitrogen and oxygen atoms in total. The van der Waals surface area contributed by atoms with Gasteiger partial charge in [-0.05, 0) is 30.5 Å². The van der Waals surface area contributed by atoms with Gasteiger partial charge in [-0.2, -0.15) is 0 Å². The van der Waals surface area contributed by atoms with Gasteiger partial charge in [-0.25, -0.2) is 0 Å². The fourth-order valence-corrected chi connectivity index (χ4v) is 2.37. The third kappa shape index (κ3) is 2.06. The molecule has 0 radical (unpaired) electrons. The molecule has 3 rings (SSSR count). The fraction of sp³-hybridized carbons (Fsp3) is 0.571. The molecule has 2 aliphatic rings. The van der Waals surface area contributed by atoms with Crippen LogP contribution in [-0.4, -0.2) is 13.2 Å². The van der Waals surface area contributed by atoms with Gasteiger partial charge < -0.3 is 15.2 Å². The minimum atomic E-state index is -0.205. The Morgan fingerprint density at radius 1 is 1.17 bits per heavy atom. The Morgan fingerprint density at radius 2 is 1.83 bits per heavy atom. The van der Waals surface area contributed by atoms with Crippen LogP contribution in [0.3, 0.4) is 0 Å². The molecular formula is C14H18ClNO2. The topological polar surface area (TPSA) is 44.5 Å². The van der Waals surface area contributed by atoms with Crippen LogP contribution in [0.4, 0.5) is 0 Å². The number of rotatable bonds is 1. The van der Waals surface area contributed by atoms with Crippen LogP contribution in [0.15, 0.2) is 12.1 Å². The van der Waals surface area contributed by atoms with E-state index in [2.05, 4.69) is 13.8 Å². The molecule has 1 heterocycles. The highest BCUT2D eigenvalue weighted by Crippen LogP contribution is 2.48. The number of nitrogens with two attached hydrogens (primary N) is 1. The summed E-state index contributed by atoms with van der Waals surface area (Å²) in [4.78, 5) is 0. The summed E-state index contributed by atoms with van der Waals surface area (Å²) in [5, 5.41) is 0.594. The average Bonchev–Trinajstić information content (AvgIpc) is 3.05. The Bertz CT molecular complexity index is 495. The maximum absolute atomic E-state index is 6.29. The molecule has 0 atom stereocenters. The monoisotopic (exact) mass is 267 g/mol. The lowest BCUT2D eigenvalue weighted by Crippen LogP contribution is -2.26. The van der Waals surface area contributed by atoms with E-state index >= 15 is 0 Å². The van der Waals surface area contributed by atoms with Gasteiger partial charge in [0.2, 0.25) is 0 Å². The zero-order chi connectivity index (χ0) is 13.0. The highest BCUT2D eigenvalue weighted by molar-refractivity contribution is 6.32. The zero-order valence-corrected chi connectivity index (χ0v) is 11.5. The number of hydrogen-bond donors (Lipinski definition) is 1. The van der Waals surface area contributed by atoms with Crippen molar-refractivity contribution < 1.29 is 9.47 Å². The van der Waals surface area contributed by atoms with Gasteiger partial charge in [0.1, 0.15) is 0 Å². The molecule has 0 bridgehead atoms. The van der Waals surface area contributed by atoms with Crippen molar-refractivity contribution in [1.82, 2.24) is 0 Å². The quantitative estimate of drug-likeness (QED) is 0.850. The molecule has 98 valence electrons. The second-order valence-corrected chi connectivity index (χ2v) is 6.59. The molecule has 1 aliphatic heterocycles. The minimum Gasteiger partial charge on any atom is -0.489 e. The molecular weight excluding hydrogens is 250 g/mol. The number of benzene rings is 1. The molecule has 0 amide bonds. The van der Waals surface area contributed by atoms with E-state index in [4.69, 9.17) is 26.8 Å². The van der Waals surface area contributed by atoms with Gasteiger partial charge in [0.15, 0.2) is 11.5 Å². The van der Waals surface area contributed by atoms with Crippen molar-refractivity contribution in [2.24, 2.45) is 11.1 Å². The third-order valence-corrected chi connectivity index (χ3v) is 3.88. The van der Waals surface area contributed by atoms with Crippen molar-refractivity contribution in [2.75, 3.05) is 13.2 Å². The molecule has 1 aromatic carbocycles. The summed E-state index contributed by atoms with van der Waals surface area (Å²) in [6.07, 6.45) is 2.02. The molecule has 1 saturated carbocycles. The van der Waals surface area contributed by atoms with Crippen LogP contribution in [0.1, 0.15) is 32.3 Å². The van der Waals surface area contributed by atoms with Crippen LogP contribution in [0, 0.1) is 5.41 Å². The van der Waals surface area contributed by atoms with Gasteiger partial charge in [-0.3, -0.25) is 0 Å². The van der Waals surface area contributed by atoms with Gasteiger partial charge >= 0.3 is 0 Å². The van der Waals surface area contributed by atoms with Gasteiger partial charge in [0, 0.05) is 11.0 Å². The van der Waals surface area contributed by atoms with Gasteiger partial charge in [0.25, 0.3) is 0 Å². The lowest BCUT2D eigenvalue weighted by molar-refractivity contribution is 0.140. The minimum absolute atomic E-state index is 0.0114. The number of halogens is 1. The standard InChI is InChI=1S/C14H18ClNO2/c1-13(2)7-17-11-6-9(14(16)3-4-14)5-10(15)12(11)18-8-13/h5-6H,3-4,7-8,16H2,1-2H3.